The minimum Gasteiger partial charge on any atom is -0.460 e. The van der Waals surface area contributed by atoms with Crippen molar-refractivity contribution in [3.8, 4) is 0 Å². The van der Waals surface area contributed by atoms with Crippen LogP contribution in [-0.4, -0.2) is 16.7 Å². The van der Waals surface area contributed by atoms with E-state index in [9.17, 15) is 4.79 Å². The van der Waals surface area contributed by atoms with Gasteiger partial charge in [0.2, 0.25) is 0 Å². The lowest BCUT2D eigenvalue weighted by Gasteiger charge is -2.21. The zero-order valence-electron chi connectivity index (χ0n) is 11.6. The summed E-state index contributed by atoms with van der Waals surface area (Å²) in [5.74, 6) is -0.101. The van der Waals surface area contributed by atoms with Crippen molar-refractivity contribution in [2.45, 2.75) is 52.2 Å². The van der Waals surface area contributed by atoms with E-state index in [0.717, 1.165) is 11.1 Å². The van der Waals surface area contributed by atoms with Crippen LogP contribution in [0.3, 0.4) is 0 Å². The molecule has 1 aromatic carbocycles. The highest BCUT2D eigenvalue weighted by Gasteiger charge is 2.19. The number of aliphatic hydroxyl groups excluding tert-OH is 1. The Morgan fingerprint density at radius 1 is 1.39 bits per heavy atom. The van der Waals surface area contributed by atoms with Crippen LogP contribution in [0, 0.1) is 0 Å². The molecule has 0 aliphatic rings. The van der Waals surface area contributed by atoms with Gasteiger partial charge in [-0.25, -0.2) is 0 Å². The molecule has 0 saturated heterocycles. The van der Waals surface area contributed by atoms with Gasteiger partial charge in [0.25, 0.3) is 0 Å². The van der Waals surface area contributed by atoms with Crippen molar-refractivity contribution in [3.63, 3.8) is 0 Å². The van der Waals surface area contributed by atoms with Crippen LogP contribution < -0.4 is 0 Å². The van der Waals surface area contributed by atoms with Crippen molar-refractivity contribution < 1.29 is 14.6 Å². The first kappa shape index (κ1) is 14.7. The Balaban J connectivity index is 2.64. The number of hydrogen-bond acceptors (Lipinski definition) is 3. The predicted octanol–water partition coefficient (Wildman–Crippen LogP) is 3.01. The number of carbonyl (C=O) groups is 1. The number of aliphatic hydroxyl groups is 1. The Morgan fingerprint density at radius 3 is 2.61 bits per heavy atom. The molecule has 0 aromatic heterocycles. The van der Waals surface area contributed by atoms with E-state index >= 15 is 0 Å². The van der Waals surface area contributed by atoms with Crippen molar-refractivity contribution in [2.24, 2.45) is 0 Å². The zero-order valence-corrected chi connectivity index (χ0v) is 11.6. The first-order chi connectivity index (χ1) is 8.31. The van der Waals surface area contributed by atoms with Crippen molar-refractivity contribution in [1.29, 1.82) is 0 Å². The molecule has 0 fully saturated rings. The maximum absolute atomic E-state index is 11.7. The summed E-state index contributed by atoms with van der Waals surface area (Å²) in [4.78, 5) is 11.7. The molecule has 0 aliphatic carbocycles. The second-order valence-corrected chi connectivity index (χ2v) is 5.59. The number of hydrogen-bond donors (Lipinski definition) is 1. The van der Waals surface area contributed by atoms with Crippen molar-refractivity contribution in [2.75, 3.05) is 0 Å². The molecule has 1 unspecified atom stereocenters. The van der Waals surface area contributed by atoms with Gasteiger partial charge >= 0.3 is 5.97 Å². The molecule has 0 radical (unpaired) electrons. The summed E-state index contributed by atoms with van der Waals surface area (Å²) in [6.45, 7) is 7.60. The van der Waals surface area contributed by atoms with E-state index in [2.05, 4.69) is 0 Å². The zero-order chi connectivity index (χ0) is 13.8. The van der Waals surface area contributed by atoms with E-state index in [1.54, 1.807) is 0 Å². The molecule has 100 valence electrons. The lowest BCUT2D eigenvalue weighted by molar-refractivity contribution is -0.155. The topological polar surface area (TPSA) is 46.5 Å². The molecular formula is C15H22O3. The Bertz CT molecular complexity index is 404. The number of ether oxygens (including phenoxy) is 1. The minimum absolute atomic E-state index is 0.0208. The maximum Gasteiger partial charge on any atom is 0.306 e. The predicted molar refractivity (Wildman–Crippen MR) is 71.2 cm³/mol. The second-order valence-electron chi connectivity index (χ2n) is 5.59. The van der Waals surface area contributed by atoms with Crippen molar-refractivity contribution in [3.05, 3.63) is 35.4 Å². The fraction of sp³-hybridized carbons (Fsp3) is 0.533. The van der Waals surface area contributed by atoms with E-state index in [0.29, 0.717) is 6.42 Å². The summed E-state index contributed by atoms with van der Waals surface area (Å²) in [6.07, 6.45) is 0.353. The van der Waals surface area contributed by atoms with Gasteiger partial charge in [-0.3, -0.25) is 4.79 Å². The number of carbonyl (C=O) groups excluding carboxylic acids is 1. The summed E-state index contributed by atoms with van der Waals surface area (Å²) in [5.41, 5.74) is 1.47. The standard InChI is InChI=1S/C15H22O3/c1-11(8-14(17)18-15(2,3)4)13-7-5-6-12(9-13)10-16/h5-7,9,11,16H,8,10H2,1-4H3. The lowest BCUT2D eigenvalue weighted by Crippen LogP contribution is -2.24. The van der Waals surface area contributed by atoms with Gasteiger partial charge in [0, 0.05) is 0 Å². The van der Waals surface area contributed by atoms with Crippen LogP contribution in [0.15, 0.2) is 24.3 Å². The molecule has 0 spiro atoms. The average Bonchev–Trinajstić information content (AvgIpc) is 2.26. The van der Waals surface area contributed by atoms with Gasteiger partial charge in [0.1, 0.15) is 5.60 Å². The third kappa shape index (κ3) is 4.88. The molecule has 0 amide bonds. The van der Waals surface area contributed by atoms with Gasteiger partial charge in [-0.1, -0.05) is 31.2 Å². The minimum atomic E-state index is -0.441. The van der Waals surface area contributed by atoms with Crippen LogP contribution in [0.4, 0.5) is 0 Å². The van der Waals surface area contributed by atoms with Crippen LogP contribution in [0.5, 0.6) is 0 Å². The molecule has 0 aliphatic heterocycles. The first-order valence-corrected chi connectivity index (χ1v) is 6.23. The highest BCUT2D eigenvalue weighted by Crippen LogP contribution is 2.22. The Morgan fingerprint density at radius 2 is 2.06 bits per heavy atom. The Kier molecular flexibility index (Phi) is 4.91. The van der Waals surface area contributed by atoms with E-state index in [1.807, 2.05) is 52.0 Å². The summed E-state index contributed by atoms with van der Waals surface area (Å²) < 4.78 is 5.30. The molecule has 18 heavy (non-hydrogen) atoms. The highest BCUT2D eigenvalue weighted by molar-refractivity contribution is 5.71. The quantitative estimate of drug-likeness (QED) is 0.835. The largest absolute Gasteiger partial charge is 0.460 e. The first-order valence-electron chi connectivity index (χ1n) is 6.23. The van der Waals surface area contributed by atoms with Crippen LogP contribution in [0.1, 0.15) is 51.2 Å². The number of esters is 1. The molecule has 0 saturated carbocycles. The van der Waals surface area contributed by atoms with Gasteiger partial charge in [-0.05, 0) is 37.8 Å². The molecule has 1 aromatic rings. The molecule has 3 heteroatoms. The highest BCUT2D eigenvalue weighted by atomic mass is 16.6. The van der Waals surface area contributed by atoms with E-state index in [1.165, 1.54) is 0 Å². The lowest BCUT2D eigenvalue weighted by atomic mass is 9.96. The van der Waals surface area contributed by atoms with E-state index in [-0.39, 0.29) is 18.5 Å². The second kappa shape index (κ2) is 6.01. The van der Waals surface area contributed by atoms with Gasteiger partial charge in [0.15, 0.2) is 0 Å². The molecule has 0 bridgehead atoms. The average molecular weight is 250 g/mol. The SMILES string of the molecule is CC(CC(=O)OC(C)(C)C)c1cccc(CO)c1. The molecule has 0 heterocycles. The Hall–Kier alpha value is -1.35. The third-order valence-corrected chi connectivity index (χ3v) is 2.60. The third-order valence-electron chi connectivity index (χ3n) is 2.60. The molecular weight excluding hydrogens is 228 g/mol. The Labute approximate surface area is 109 Å². The summed E-state index contributed by atoms with van der Waals surface area (Å²) in [6, 6.07) is 7.65. The van der Waals surface area contributed by atoms with Gasteiger partial charge in [-0.2, -0.15) is 0 Å². The monoisotopic (exact) mass is 250 g/mol. The summed E-state index contributed by atoms with van der Waals surface area (Å²) in [5, 5.41) is 9.09. The normalized spacial score (nSPS) is 13.2. The molecule has 1 rings (SSSR count). The van der Waals surface area contributed by atoms with Gasteiger partial charge < -0.3 is 9.84 Å². The van der Waals surface area contributed by atoms with E-state index in [4.69, 9.17) is 9.84 Å². The molecule has 1 N–H and O–H groups in total. The van der Waals surface area contributed by atoms with Crippen molar-refractivity contribution in [1.82, 2.24) is 0 Å². The maximum atomic E-state index is 11.7. The fourth-order valence-corrected chi connectivity index (χ4v) is 1.75. The van der Waals surface area contributed by atoms with Crippen LogP contribution in [0.25, 0.3) is 0 Å². The fourth-order valence-electron chi connectivity index (χ4n) is 1.75. The number of rotatable bonds is 4. The van der Waals surface area contributed by atoms with Gasteiger partial charge in [-0.15, -0.1) is 0 Å². The van der Waals surface area contributed by atoms with Crippen LogP contribution >= 0.6 is 0 Å². The molecule has 3 nitrogen and oxygen atoms in total. The van der Waals surface area contributed by atoms with Crippen molar-refractivity contribution >= 4 is 5.97 Å². The smallest absolute Gasteiger partial charge is 0.306 e. The number of benzene rings is 1. The summed E-state index contributed by atoms with van der Waals surface area (Å²) >= 11 is 0. The van der Waals surface area contributed by atoms with Gasteiger partial charge in [0.05, 0.1) is 13.0 Å². The summed E-state index contributed by atoms with van der Waals surface area (Å²) in [7, 11) is 0. The van der Waals surface area contributed by atoms with E-state index < -0.39 is 5.60 Å². The van der Waals surface area contributed by atoms with Crippen LogP contribution in [0.2, 0.25) is 0 Å². The van der Waals surface area contributed by atoms with Crippen LogP contribution in [-0.2, 0) is 16.1 Å². The molecule has 1 atom stereocenters.